The summed E-state index contributed by atoms with van der Waals surface area (Å²) in [5.41, 5.74) is 13.4. The summed E-state index contributed by atoms with van der Waals surface area (Å²) in [4.78, 5) is 11.2. The van der Waals surface area contributed by atoms with Crippen LogP contribution in [-0.4, -0.2) is 21.2 Å². The first-order chi connectivity index (χ1) is 8.61. The molecule has 1 aromatic carbocycles. The zero-order valence-corrected chi connectivity index (χ0v) is 9.68. The third-order valence-corrected chi connectivity index (χ3v) is 2.70. The summed E-state index contributed by atoms with van der Waals surface area (Å²) in [6.45, 7) is 0.00379. The van der Waals surface area contributed by atoms with Crippen LogP contribution in [-0.2, 0) is 13.0 Å². The lowest BCUT2D eigenvalue weighted by Crippen LogP contribution is -2.14. The number of aliphatic hydroxyl groups excluding tert-OH is 1. The van der Waals surface area contributed by atoms with Crippen molar-refractivity contribution in [3.63, 3.8) is 0 Å². The molecule has 94 valence electrons. The van der Waals surface area contributed by atoms with E-state index in [1.54, 1.807) is 0 Å². The predicted octanol–water partition coefficient (Wildman–Crippen LogP) is 0.174. The lowest BCUT2D eigenvalue weighted by molar-refractivity contribution is 0.100. The van der Waals surface area contributed by atoms with Crippen molar-refractivity contribution >= 4 is 11.7 Å². The molecule has 0 saturated heterocycles. The highest BCUT2D eigenvalue weighted by molar-refractivity contribution is 5.98. The molecular weight excluding hydrogens is 232 g/mol. The molecule has 0 atom stereocenters. The molecule has 6 nitrogen and oxygen atoms in total. The maximum atomic E-state index is 11.2. The number of amides is 1. The second kappa shape index (κ2) is 4.89. The van der Waals surface area contributed by atoms with Crippen molar-refractivity contribution in [1.29, 1.82) is 0 Å². The number of nitrogen functional groups attached to an aromatic ring is 1. The second-order valence-corrected chi connectivity index (χ2v) is 3.98. The smallest absolute Gasteiger partial charge is 0.254 e. The molecule has 0 aliphatic carbocycles. The van der Waals surface area contributed by atoms with Crippen molar-refractivity contribution in [2.24, 2.45) is 5.73 Å². The molecule has 0 aliphatic rings. The van der Waals surface area contributed by atoms with Crippen LogP contribution >= 0.6 is 0 Å². The van der Waals surface area contributed by atoms with E-state index in [0.29, 0.717) is 12.1 Å². The van der Waals surface area contributed by atoms with Crippen molar-refractivity contribution in [3.8, 4) is 0 Å². The SMILES string of the molecule is NC(=O)c1c(N)n[nH]c1Cc1ccc(CO)cc1. The average Bonchev–Trinajstić information content (AvgIpc) is 2.71. The fourth-order valence-corrected chi connectivity index (χ4v) is 1.76. The van der Waals surface area contributed by atoms with E-state index in [0.717, 1.165) is 11.1 Å². The first-order valence-corrected chi connectivity index (χ1v) is 5.43. The summed E-state index contributed by atoms with van der Waals surface area (Å²) in [5, 5.41) is 15.4. The number of H-pyrrole nitrogens is 1. The molecular formula is C12H14N4O2. The van der Waals surface area contributed by atoms with Crippen LogP contribution in [0.25, 0.3) is 0 Å². The molecule has 6 heteroatoms. The Morgan fingerprint density at radius 2 is 1.89 bits per heavy atom. The van der Waals surface area contributed by atoms with Gasteiger partial charge in [0.2, 0.25) is 0 Å². The molecule has 1 amide bonds. The van der Waals surface area contributed by atoms with Crippen molar-refractivity contribution in [2.75, 3.05) is 5.73 Å². The largest absolute Gasteiger partial charge is 0.392 e. The van der Waals surface area contributed by atoms with Crippen LogP contribution in [0.15, 0.2) is 24.3 Å². The lowest BCUT2D eigenvalue weighted by atomic mass is 10.0. The number of carbonyl (C=O) groups excluding carboxylic acids is 1. The third-order valence-electron chi connectivity index (χ3n) is 2.70. The normalized spacial score (nSPS) is 10.5. The number of nitrogens with two attached hydrogens (primary N) is 2. The van der Waals surface area contributed by atoms with Crippen molar-refractivity contribution in [3.05, 3.63) is 46.6 Å². The number of aliphatic hydroxyl groups is 1. The van der Waals surface area contributed by atoms with Gasteiger partial charge in [-0.15, -0.1) is 0 Å². The first-order valence-electron chi connectivity index (χ1n) is 5.43. The van der Waals surface area contributed by atoms with Crippen molar-refractivity contribution < 1.29 is 9.90 Å². The quantitative estimate of drug-likeness (QED) is 0.615. The van der Waals surface area contributed by atoms with Gasteiger partial charge in [0.05, 0.1) is 12.3 Å². The van der Waals surface area contributed by atoms with Crippen LogP contribution in [0.1, 0.15) is 27.2 Å². The third kappa shape index (κ3) is 2.33. The Bertz CT molecular complexity index is 560. The number of hydrogen-bond acceptors (Lipinski definition) is 4. The first kappa shape index (κ1) is 12.1. The number of aromatic amines is 1. The van der Waals surface area contributed by atoms with E-state index >= 15 is 0 Å². The summed E-state index contributed by atoms with van der Waals surface area (Å²) in [5.74, 6) is -0.479. The second-order valence-electron chi connectivity index (χ2n) is 3.98. The van der Waals surface area contributed by atoms with Gasteiger partial charge in [-0.1, -0.05) is 24.3 Å². The summed E-state index contributed by atoms with van der Waals surface area (Å²) >= 11 is 0. The van der Waals surface area contributed by atoms with E-state index in [1.807, 2.05) is 24.3 Å². The summed E-state index contributed by atoms with van der Waals surface area (Å²) in [7, 11) is 0. The van der Waals surface area contributed by atoms with Gasteiger partial charge in [0.15, 0.2) is 5.82 Å². The molecule has 0 fully saturated rings. The molecule has 0 radical (unpaired) electrons. The van der Waals surface area contributed by atoms with E-state index < -0.39 is 5.91 Å². The number of anilines is 1. The standard InChI is InChI=1S/C12H14N4O2/c13-11-10(12(14)18)9(15-16-11)5-7-1-3-8(6-17)4-2-7/h1-4,17H,5-6H2,(H2,14,18)(H3,13,15,16). The van der Waals surface area contributed by atoms with Gasteiger partial charge in [-0.25, -0.2) is 0 Å². The van der Waals surface area contributed by atoms with Crippen LogP contribution in [0.4, 0.5) is 5.82 Å². The van der Waals surface area contributed by atoms with Gasteiger partial charge >= 0.3 is 0 Å². The monoisotopic (exact) mass is 246 g/mol. The van der Waals surface area contributed by atoms with Crippen LogP contribution in [0.2, 0.25) is 0 Å². The Morgan fingerprint density at radius 3 is 2.44 bits per heavy atom. The Labute approximate surface area is 104 Å². The summed E-state index contributed by atoms with van der Waals surface area (Å²) in [6.07, 6.45) is 0.480. The molecule has 18 heavy (non-hydrogen) atoms. The molecule has 0 unspecified atom stereocenters. The number of hydrogen-bond donors (Lipinski definition) is 4. The highest BCUT2D eigenvalue weighted by Crippen LogP contribution is 2.17. The van der Waals surface area contributed by atoms with Crippen LogP contribution in [0.3, 0.4) is 0 Å². The van der Waals surface area contributed by atoms with Gasteiger partial charge in [-0.05, 0) is 11.1 Å². The fraction of sp³-hybridized carbons (Fsp3) is 0.167. The highest BCUT2D eigenvalue weighted by Gasteiger charge is 2.15. The van der Waals surface area contributed by atoms with Gasteiger partial charge in [0, 0.05) is 6.42 Å². The van der Waals surface area contributed by atoms with Crippen molar-refractivity contribution in [2.45, 2.75) is 13.0 Å². The van der Waals surface area contributed by atoms with Gasteiger partial charge in [0.1, 0.15) is 5.56 Å². The van der Waals surface area contributed by atoms with Crippen LogP contribution < -0.4 is 11.5 Å². The summed E-state index contributed by atoms with van der Waals surface area (Å²) < 4.78 is 0. The minimum absolute atomic E-state index is 0.00379. The zero-order valence-electron chi connectivity index (χ0n) is 9.68. The Kier molecular flexibility index (Phi) is 3.29. The number of primary amides is 1. The van der Waals surface area contributed by atoms with Gasteiger partial charge < -0.3 is 16.6 Å². The van der Waals surface area contributed by atoms with E-state index in [1.165, 1.54) is 0 Å². The number of aromatic nitrogens is 2. The molecule has 0 saturated carbocycles. The number of rotatable bonds is 4. The number of benzene rings is 1. The maximum Gasteiger partial charge on any atom is 0.254 e. The Balaban J connectivity index is 2.25. The topological polar surface area (TPSA) is 118 Å². The molecule has 0 spiro atoms. The molecule has 2 rings (SSSR count). The lowest BCUT2D eigenvalue weighted by Gasteiger charge is -2.02. The van der Waals surface area contributed by atoms with Gasteiger partial charge in [-0.2, -0.15) is 5.10 Å². The molecule has 0 bridgehead atoms. The Morgan fingerprint density at radius 1 is 1.28 bits per heavy atom. The number of nitrogens with one attached hydrogen (secondary N) is 1. The zero-order chi connectivity index (χ0) is 13.1. The highest BCUT2D eigenvalue weighted by atomic mass is 16.3. The van der Waals surface area contributed by atoms with Crippen molar-refractivity contribution in [1.82, 2.24) is 10.2 Å². The number of nitrogens with zero attached hydrogens (tertiary/aromatic N) is 1. The van der Waals surface area contributed by atoms with E-state index in [2.05, 4.69) is 10.2 Å². The minimum atomic E-state index is -0.594. The van der Waals surface area contributed by atoms with E-state index in [-0.39, 0.29) is 18.0 Å². The Hall–Kier alpha value is -2.34. The van der Waals surface area contributed by atoms with Gasteiger partial charge in [-0.3, -0.25) is 9.89 Å². The van der Waals surface area contributed by atoms with Gasteiger partial charge in [0.25, 0.3) is 5.91 Å². The van der Waals surface area contributed by atoms with Crippen LogP contribution in [0, 0.1) is 0 Å². The maximum absolute atomic E-state index is 11.2. The molecule has 6 N–H and O–H groups in total. The van der Waals surface area contributed by atoms with E-state index in [9.17, 15) is 4.79 Å². The predicted molar refractivity (Wildman–Crippen MR) is 66.7 cm³/mol. The molecule has 2 aromatic rings. The minimum Gasteiger partial charge on any atom is -0.392 e. The van der Waals surface area contributed by atoms with E-state index in [4.69, 9.17) is 16.6 Å². The average molecular weight is 246 g/mol. The number of carbonyl (C=O) groups is 1. The molecule has 1 heterocycles. The fourth-order valence-electron chi connectivity index (χ4n) is 1.76. The summed E-state index contributed by atoms with van der Waals surface area (Å²) in [6, 6.07) is 7.37. The molecule has 1 aromatic heterocycles. The molecule has 0 aliphatic heterocycles. The van der Waals surface area contributed by atoms with Crippen LogP contribution in [0.5, 0.6) is 0 Å².